The Balaban J connectivity index is 2.74. The first-order valence-corrected chi connectivity index (χ1v) is 3.99. The standard InChI is InChI=1S/C8H11ClN2/c1-3-7-5-6-8(9)10-11(7)4-2/h4-7H,2-3H2,1H3. The SMILES string of the molecule is C=CN1N=C(Cl)C=CC1CC. The van der Waals surface area contributed by atoms with Crippen LogP contribution >= 0.6 is 11.6 Å². The minimum Gasteiger partial charge on any atom is -0.265 e. The van der Waals surface area contributed by atoms with Crippen molar-refractivity contribution in [3.8, 4) is 0 Å². The van der Waals surface area contributed by atoms with E-state index in [0.29, 0.717) is 11.2 Å². The zero-order chi connectivity index (χ0) is 8.27. The maximum absolute atomic E-state index is 5.69. The lowest BCUT2D eigenvalue weighted by Crippen LogP contribution is -2.26. The Hall–Kier alpha value is -0.760. The summed E-state index contributed by atoms with van der Waals surface area (Å²) < 4.78 is 0. The molecule has 1 unspecified atom stereocenters. The van der Waals surface area contributed by atoms with Crippen LogP contribution in [0.1, 0.15) is 13.3 Å². The molecule has 3 heteroatoms. The fourth-order valence-corrected chi connectivity index (χ4v) is 1.16. The Kier molecular flexibility index (Phi) is 2.71. The average molecular weight is 171 g/mol. The summed E-state index contributed by atoms with van der Waals surface area (Å²) in [5.41, 5.74) is 0. The molecule has 0 aromatic heterocycles. The van der Waals surface area contributed by atoms with Crippen LogP contribution in [0.4, 0.5) is 0 Å². The van der Waals surface area contributed by atoms with Crippen LogP contribution in [0.25, 0.3) is 0 Å². The van der Waals surface area contributed by atoms with Gasteiger partial charge in [-0.1, -0.05) is 31.2 Å². The fourth-order valence-electron chi connectivity index (χ4n) is 0.996. The monoisotopic (exact) mass is 170 g/mol. The molecule has 1 atom stereocenters. The zero-order valence-electron chi connectivity index (χ0n) is 6.50. The highest BCUT2D eigenvalue weighted by molar-refractivity contribution is 6.68. The van der Waals surface area contributed by atoms with Crippen molar-refractivity contribution in [1.29, 1.82) is 0 Å². The van der Waals surface area contributed by atoms with E-state index in [9.17, 15) is 0 Å². The fraction of sp³-hybridized carbons (Fsp3) is 0.375. The molecule has 0 aromatic carbocycles. The third kappa shape index (κ3) is 1.84. The maximum Gasteiger partial charge on any atom is 0.149 e. The van der Waals surface area contributed by atoms with Gasteiger partial charge in [0.05, 0.1) is 6.04 Å². The number of hydrazone groups is 1. The number of halogens is 1. The number of hydrogen-bond acceptors (Lipinski definition) is 2. The first-order valence-electron chi connectivity index (χ1n) is 3.61. The van der Waals surface area contributed by atoms with Gasteiger partial charge in [0.15, 0.2) is 0 Å². The van der Waals surface area contributed by atoms with E-state index >= 15 is 0 Å². The van der Waals surface area contributed by atoms with E-state index in [4.69, 9.17) is 11.6 Å². The van der Waals surface area contributed by atoms with Crippen LogP contribution in [-0.4, -0.2) is 16.2 Å². The Morgan fingerprint density at radius 3 is 3.18 bits per heavy atom. The highest BCUT2D eigenvalue weighted by Crippen LogP contribution is 2.13. The summed E-state index contributed by atoms with van der Waals surface area (Å²) in [5, 5.41) is 6.34. The van der Waals surface area contributed by atoms with E-state index in [2.05, 4.69) is 18.6 Å². The van der Waals surface area contributed by atoms with E-state index in [1.165, 1.54) is 0 Å². The lowest BCUT2D eigenvalue weighted by Gasteiger charge is -2.24. The first kappa shape index (κ1) is 8.34. The second-order valence-electron chi connectivity index (χ2n) is 2.32. The van der Waals surface area contributed by atoms with Gasteiger partial charge in [-0.2, -0.15) is 5.10 Å². The van der Waals surface area contributed by atoms with Crippen molar-refractivity contribution in [1.82, 2.24) is 5.01 Å². The molecule has 1 rings (SSSR count). The number of allylic oxidation sites excluding steroid dienone is 1. The highest BCUT2D eigenvalue weighted by Gasteiger charge is 2.12. The minimum absolute atomic E-state index is 0.315. The van der Waals surface area contributed by atoms with E-state index in [1.54, 1.807) is 11.2 Å². The van der Waals surface area contributed by atoms with Gasteiger partial charge in [0.1, 0.15) is 5.17 Å². The summed E-state index contributed by atoms with van der Waals surface area (Å²) in [6.45, 7) is 5.74. The van der Waals surface area contributed by atoms with Crippen LogP contribution in [0.5, 0.6) is 0 Å². The summed E-state index contributed by atoms with van der Waals surface area (Å²) in [6, 6.07) is 0.315. The molecule has 0 spiro atoms. The molecule has 11 heavy (non-hydrogen) atoms. The Morgan fingerprint density at radius 1 is 1.91 bits per heavy atom. The van der Waals surface area contributed by atoms with Crippen molar-refractivity contribution < 1.29 is 0 Å². The lowest BCUT2D eigenvalue weighted by atomic mass is 10.2. The predicted octanol–water partition coefficient (Wildman–Crippen LogP) is 2.33. The largest absolute Gasteiger partial charge is 0.265 e. The predicted molar refractivity (Wildman–Crippen MR) is 48.5 cm³/mol. The van der Waals surface area contributed by atoms with Crippen LogP contribution in [0.3, 0.4) is 0 Å². The minimum atomic E-state index is 0.315. The molecule has 1 heterocycles. The van der Waals surface area contributed by atoms with Crippen LogP contribution < -0.4 is 0 Å². The van der Waals surface area contributed by atoms with E-state index in [-0.39, 0.29) is 0 Å². The molecule has 0 radical (unpaired) electrons. The molecule has 0 bridgehead atoms. The molecule has 0 aromatic rings. The van der Waals surface area contributed by atoms with Gasteiger partial charge >= 0.3 is 0 Å². The van der Waals surface area contributed by atoms with Crippen molar-refractivity contribution in [3.63, 3.8) is 0 Å². The molecule has 0 saturated carbocycles. The average Bonchev–Trinajstić information content (AvgIpc) is 2.04. The van der Waals surface area contributed by atoms with Gasteiger partial charge in [-0.15, -0.1) is 0 Å². The van der Waals surface area contributed by atoms with E-state index in [1.807, 2.05) is 12.2 Å². The smallest absolute Gasteiger partial charge is 0.149 e. The molecule has 1 aliphatic heterocycles. The van der Waals surface area contributed by atoms with Gasteiger partial charge in [0, 0.05) is 6.20 Å². The van der Waals surface area contributed by atoms with Crippen molar-refractivity contribution in [2.75, 3.05) is 0 Å². The van der Waals surface area contributed by atoms with Gasteiger partial charge in [-0.25, -0.2) is 0 Å². The second-order valence-corrected chi connectivity index (χ2v) is 2.71. The molecule has 2 nitrogen and oxygen atoms in total. The molecular formula is C8H11ClN2. The third-order valence-corrected chi connectivity index (χ3v) is 1.81. The third-order valence-electron chi connectivity index (χ3n) is 1.61. The van der Waals surface area contributed by atoms with Crippen molar-refractivity contribution in [2.24, 2.45) is 5.10 Å². The maximum atomic E-state index is 5.69. The second kappa shape index (κ2) is 3.58. The molecule has 0 saturated heterocycles. The van der Waals surface area contributed by atoms with E-state index in [0.717, 1.165) is 6.42 Å². The van der Waals surface area contributed by atoms with Crippen LogP contribution in [0.15, 0.2) is 30.0 Å². The molecule has 0 aliphatic carbocycles. The molecule has 0 amide bonds. The quantitative estimate of drug-likeness (QED) is 0.621. The topological polar surface area (TPSA) is 15.6 Å². The molecule has 0 fully saturated rings. The first-order chi connectivity index (χ1) is 5.27. The normalized spacial score (nSPS) is 23.3. The Labute approximate surface area is 71.8 Å². The van der Waals surface area contributed by atoms with Crippen LogP contribution in [0, 0.1) is 0 Å². The summed E-state index contributed by atoms with van der Waals surface area (Å²) >= 11 is 5.69. The summed E-state index contributed by atoms with van der Waals surface area (Å²) in [4.78, 5) is 0. The van der Waals surface area contributed by atoms with Crippen molar-refractivity contribution in [3.05, 3.63) is 24.9 Å². The van der Waals surface area contributed by atoms with Crippen molar-refractivity contribution in [2.45, 2.75) is 19.4 Å². The Bertz CT molecular complexity index is 208. The summed E-state index contributed by atoms with van der Waals surface area (Å²) in [6.07, 6.45) is 6.53. The van der Waals surface area contributed by atoms with Gasteiger partial charge < -0.3 is 0 Å². The van der Waals surface area contributed by atoms with Gasteiger partial charge in [-0.05, 0) is 12.5 Å². The number of hydrogen-bond donors (Lipinski definition) is 0. The number of rotatable bonds is 2. The zero-order valence-corrected chi connectivity index (χ0v) is 7.25. The van der Waals surface area contributed by atoms with Gasteiger partial charge in [0.25, 0.3) is 0 Å². The summed E-state index contributed by atoms with van der Waals surface area (Å²) in [5.74, 6) is 0. The van der Waals surface area contributed by atoms with Crippen LogP contribution in [0.2, 0.25) is 0 Å². The van der Waals surface area contributed by atoms with Gasteiger partial charge in [0.2, 0.25) is 0 Å². The van der Waals surface area contributed by atoms with Crippen LogP contribution in [-0.2, 0) is 0 Å². The summed E-state index contributed by atoms with van der Waals surface area (Å²) in [7, 11) is 0. The number of nitrogens with zero attached hydrogens (tertiary/aromatic N) is 2. The molecule has 1 aliphatic rings. The molecular weight excluding hydrogens is 160 g/mol. The molecule has 0 N–H and O–H groups in total. The highest BCUT2D eigenvalue weighted by atomic mass is 35.5. The van der Waals surface area contributed by atoms with Crippen molar-refractivity contribution >= 4 is 16.8 Å². The van der Waals surface area contributed by atoms with E-state index < -0.39 is 0 Å². The Morgan fingerprint density at radius 2 is 2.64 bits per heavy atom. The molecule has 60 valence electrons. The lowest BCUT2D eigenvalue weighted by molar-refractivity contribution is 0.327. The van der Waals surface area contributed by atoms with Gasteiger partial charge in [-0.3, -0.25) is 5.01 Å².